The molecule has 7 rings (SSSR count). The first-order valence-corrected chi connectivity index (χ1v) is 23.0. The first kappa shape index (κ1) is 48.9. The molecule has 63 heavy (non-hydrogen) atoms. The number of rotatable bonds is 9. The summed E-state index contributed by atoms with van der Waals surface area (Å²) in [6.07, 6.45) is -10.4. The quantitative estimate of drug-likeness (QED) is 0.0697. The number of aliphatic hydroxyl groups excluding tert-OH is 8. The Balaban J connectivity index is 1.15. The van der Waals surface area contributed by atoms with E-state index in [-0.39, 0.29) is 40.6 Å². The molecule has 0 unspecified atom stereocenters. The van der Waals surface area contributed by atoms with Gasteiger partial charge in [0.2, 0.25) is 0 Å². The van der Waals surface area contributed by atoms with E-state index in [2.05, 4.69) is 54.5 Å². The number of aliphatic hydroxyl groups is 8. The van der Waals surface area contributed by atoms with Gasteiger partial charge >= 0.3 is 11.9 Å². The number of allylic oxidation sites excluding steroid dienone is 3. The van der Waals surface area contributed by atoms with Crippen molar-refractivity contribution in [3.8, 4) is 0 Å². The summed E-state index contributed by atoms with van der Waals surface area (Å²) in [5.74, 6) is -1.93. The van der Waals surface area contributed by atoms with Crippen LogP contribution in [-0.2, 0) is 33.3 Å². The van der Waals surface area contributed by atoms with Crippen LogP contribution in [0.1, 0.15) is 114 Å². The maximum atomic E-state index is 13.0. The number of ether oxygens (including phenoxy) is 5. The van der Waals surface area contributed by atoms with E-state index >= 15 is 0 Å². The van der Waals surface area contributed by atoms with Crippen molar-refractivity contribution >= 4 is 11.9 Å². The lowest BCUT2D eigenvalue weighted by Crippen LogP contribution is -2.69. The van der Waals surface area contributed by atoms with Crippen LogP contribution in [0.3, 0.4) is 0 Å². The van der Waals surface area contributed by atoms with Crippen LogP contribution in [-0.4, -0.2) is 151 Å². The van der Waals surface area contributed by atoms with Crippen molar-refractivity contribution in [1.82, 2.24) is 0 Å². The van der Waals surface area contributed by atoms with Gasteiger partial charge in [-0.25, -0.2) is 9.59 Å². The van der Waals surface area contributed by atoms with Gasteiger partial charge in [0.1, 0.15) is 49.3 Å². The summed E-state index contributed by atoms with van der Waals surface area (Å²) in [5.41, 5.74) is -1.00. The van der Waals surface area contributed by atoms with Gasteiger partial charge in [0.05, 0.1) is 30.3 Å². The molecule has 9 N–H and O–H groups in total. The first-order chi connectivity index (χ1) is 29.2. The Morgan fingerprint density at radius 2 is 1.44 bits per heavy atom. The van der Waals surface area contributed by atoms with Crippen molar-refractivity contribution in [2.75, 3.05) is 13.2 Å². The van der Waals surface area contributed by atoms with Gasteiger partial charge in [0.25, 0.3) is 0 Å². The zero-order chi connectivity index (χ0) is 46.6. The second kappa shape index (κ2) is 16.9. The second-order valence-electron chi connectivity index (χ2n) is 22.3. The number of carbonyl (C=O) groups excluding carboxylic acids is 1. The fourth-order valence-corrected chi connectivity index (χ4v) is 14.4. The molecule has 16 heteroatoms. The summed E-state index contributed by atoms with van der Waals surface area (Å²) in [5, 5.41) is 98.2. The lowest BCUT2D eigenvalue weighted by Gasteiger charge is -2.72. The number of hydrogen-bond acceptors (Lipinski definition) is 15. The van der Waals surface area contributed by atoms with Gasteiger partial charge in [-0.2, -0.15) is 0 Å². The summed E-state index contributed by atoms with van der Waals surface area (Å²) < 4.78 is 29.5. The lowest BCUT2D eigenvalue weighted by atomic mass is 9.33. The molecule has 4 saturated carbocycles. The summed E-state index contributed by atoms with van der Waals surface area (Å²) in [7, 11) is 0. The van der Waals surface area contributed by atoms with Crippen molar-refractivity contribution < 1.29 is 79.2 Å². The third-order valence-electron chi connectivity index (χ3n) is 18.3. The molecule has 0 bridgehead atoms. The van der Waals surface area contributed by atoms with Crippen molar-refractivity contribution in [3.63, 3.8) is 0 Å². The number of aliphatic carboxylic acids is 1. The Morgan fingerprint density at radius 1 is 0.794 bits per heavy atom. The van der Waals surface area contributed by atoms with Gasteiger partial charge in [-0.15, -0.1) is 0 Å². The molecule has 7 aliphatic rings. The number of carbonyl (C=O) groups is 2. The fraction of sp³-hybridized carbons (Fsp3) is 0.872. The fourth-order valence-electron chi connectivity index (χ4n) is 14.4. The predicted octanol–water partition coefficient (Wildman–Crippen LogP) is 2.34. The molecule has 0 radical (unpaired) electrons. The van der Waals surface area contributed by atoms with Gasteiger partial charge in [-0.1, -0.05) is 66.2 Å². The lowest BCUT2D eigenvalue weighted by molar-refractivity contribution is -0.365. The van der Waals surface area contributed by atoms with E-state index in [4.69, 9.17) is 23.7 Å². The molecule has 2 aliphatic heterocycles. The van der Waals surface area contributed by atoms with Crippen LogP contribution < -0.4 is 0 Å². The van der Waals surface area contributed by atoms with Gasteiger partial charge in [-0.3, -0.25) is 0 Å². The number of hydrogen-bond donors (Lipinski definition) is 9. The number of fused-ring (bicyclic) bond motifs is 7. The topological polar surface area (TPSA) is 262 Å². The van der Waals surface area contributed by atoms with Crippen LogP contribution in [0.5, 0.6) is 0 Å². The van der Waals surface area contributed by atoms with Crippen molar-refractivity contribution in [1.29, 1.82) is 0 Å². The van der Waals surface area contributed by atoms with E-state index < -0.39 is 115 Å². The third-order valence-corrected chi connectivity index (χ3v) is 18.3. The molecule has 0 aromatic carbocycles. The third kappa shape index (κ3) is 7.58. The van der Waals surface area contributed by atoms with Crippen LogP contribution in [0.25, 0.3) is 0 Å². The molecule has 0 amide bonds. The molecular formula is C47H74O16. The largest absolute Gasteiger partial charge is 0.479 e. The highest BCUT2D eigenvalue weighted by Crippen LogP contribution is 2.76. The summed E-state index contributed by atoms with van der Waals surface area (Å²) >= 11 is 0. The smallest absolute Gasteiger partial charge is 0.335 e. The van der Waals surface area contributed by atoms with E-state index in [1.165, 1.54) is 5.57 Å². The molecule has 5 aliphatic carbocycles. The Morgan fingerprint density at radius 3 is 2.08 bits per heavy atom. The number of esters is 1. The van der Waals surface area contributed by atoms with E-state index in [0.717, 1.165) is 32.1 Å². The van der Waals surface area contributed by atoms with Crippen LogP contribution in [0, 0.1) is 50.2 Å². The Bertz CT molecular complexity index is 1800. The minimum atomic E-state index is -1.96. The Labute approximate surface area is 370 Å². The average molecular weight is 895 g/mol. The Kier molecular flexibility index (Phi) is 13.1. The van der Waals surface area contributed by atoms with Gasteiger partial charge in [0.15, 0.2) is 18.7 Å². The molecule has 0 spiro atoms. The highest BCUT2D eigenvalue weighted by Gasteiger charge is 2.72. The minimum absolute atomic E-state index is 0.0742. The highest BCUT2D eigenvalue weighted by atomic mass is 16.7. The molecule has 0 aromatic rings. The molecule has 2 saturated heterocycles. The zero-order valence-electron chi connectivity index (χ0n) is 38.3. The van der Waals surface area contributed by atoms with Gasteiger partial charge in [0, 0.05) is 5.57 Å². The average Bonchev–Trinajstić information content (AvgIpc) is 3.20. The van der Waals surface area contributed by atoms with E-state index in [1.807, 2.05) is 0 Å². The molecule has 358 valence electrons. The normalized spacial score (nSPS) is 50.5. The Hall–Kier alpha value is -2.06. The molecule has 0 aromatic heterocycles. The first-order valence-electron chi connectivity index (χ1n) is 23.0. The number of carboxylic acid groups (broad SMARTS) is 1. The predicted molar refractivity (Wildman–Crippen MR) is 224 cm³/mol. The maximum absolute atomic E-state index is 13.0. The summed E-state index contributed by atoms with van der Waals surface area (Å²) in [4.78, 5) is 25.4. The van der Waals surface area contributed by atoms with Crippen LogP contribution >= 0.6 is 0 Å². The van der Waals surface area contributed by atoms with E-state index in [9.17, 15) is 55.5 Å². The summed E-state index contributed by atoms with van der Waals surface area (Å²) in [6.45, 7) is 18.2. The maximum Gasteiger partial charge on any atom is 0.335 e. The van der Waals surface area contributed by atoms with Gasteiger partial charge in [-0.05, 0) is 110 Å². The number of carboxylic acids is 1. The summed E-state index contributed by atoms with van der Waals surface area (Å²) in [6, 6.07) is 0. The van der Waals surface area contributed by atoms with Crippen LogP contribution in [0.2, 0.25) is 0 Å². The van der Waals surface area contributed by atoms with Crippen molar-refractivity contribution in [3.05, 3.63) is 23.3 Å². The SMILES string of the molecule is C/C=C(\C)C(=O)OC[C@]12[C@@H](O)CC(C)(C)C[C@H]1C1=CC[C@@H]3[C@@]4(C)CC[C@H](O[C@@H]5O[C@H](C(=O)O)[C@@H](O)[C@H](O[C@@H]6O[C@H](CO)[C@@H](O)[C@H](O)[C@H]6O)[C@H]5O)C(C)(C)[C@@H]4CC[C@@]3(C)[C@]1(C)C[C@@H]2O. The van der Waals surface area contributed by atoms with Crippen LogP contribution in [0.15, 0.2) is 23.3 Å². The standard InChI is InChI=1S/C47H74O16/c1-10-22(2)39(58)59-21-47-24(17-42(3,4)18-28(47)49)23-11-12-27-44(7)15-14-30(43(5,6)26(44)13-16-45(27,8)46(23,9)19-29(47)50)61-41-35(55)36(34(54)37(63-41)38(56)57)62-40-33(53)32(52)31(51)25(20-48)60-40/h10-11,24-37,40-41,48-55H,12-21H2,1-9H3,(H,56,57)/b22-10+/t24-,25+,26-,27+,28-,29-,30-,31+,32-,33+,34-,35+,36-,37-,40-,41+,44-,45+,46+,47+/m0/s1. The van der Waals surface area contributed by atoms with E-state index in [1.54, 1.807) is 19.9 Å². The van der Waals surface area contributed by atoms with E-state index in [0.29, 0.717) is 24.8 Å². The zero-order valence-corrected chi connectivity index (χ0v) is 38.3. The van der Waals surface area contributed by atoms with Crippen molar-refractivity contribution in [2.45, 2.75) is 193 Å². The minimum Gasteiger partial charge on any atom is -0.479 e. The van der Waals surface area contributed by atoms with Gasteiger partial charge < -0.3 is 69.6 Å². The van der Waals surface area contributed by atoms with Crippen LogP contribution in [0.4, 0.5) is 0 Å². The molecule has 2 heterocycles. The molecular weight excluding hydrogens is 821 g/mol. The van der Waals surface area contributed by atoms with Crippen molar-refractivity contribution in [2.24, 2.45) is 50.2 Å². The molecule has 20 atom stereocenters. The highest BCUT2D eigenvalue weighted by molar-refractivity contribution is 5.87. The molecule has 6 fully saturated rings. The molecule has 16 nitrogen and oxygen atoms in total. The second-order valence-corrected chi connectivity index (χ2v) is 22.3. The monoisotopic (exact) mass is 894 g/mol.